The largest absolute Gasteiger partial charge is 0.473 e. The Labute approximate surface area is 125 Å². The number of hydrogen-bond donors (Lipinski definition) is 2. The summed E-state index contributed by atoms with van der Waals surface area (Å²) in [4.78, 5) is 18.6. The number of hydrogen-bond acceptors (Lipinski definition) is 5. The molecule has 0 bridgehead atoms. The number of aromatic nitrogens is 1. The van der Waals surface area contributed by atoms with Crippen molar-refractivity contribution in [2.45, 2.75) is 33.3 Å². The van der Waals surface area contributed by atoms with Crippen LogP contribution in [0.3, 0.4) is 0 Å². The van der Waals surface area contributed by atoms with Crippen LogP contribution >= 0.6 is 0 Å². The second-order valence-corrected chi connectivity index (χ2v) is 6.04. The molecule has 1 aromatic heterocycles. The van der Waals surface area contributed by atoms with E-state index in [-0.39, 0.29) is 17.4 Å². The Hall–Kier alpha value is -1.98. The molecule has 6 nitrogen and oxygen atoms in total. The molecule has 0 radical (unpaired) electrons. The minimum Gasteiger partial charge on any atom is -0.473 e. The Morgan fingerprint density at radius 1 is 1.52 bits per heavy atom. The molecule has 116 valence electrons. The Morgan fingerprint density at radius 2 is 2.24 bits per heavy atom. The summed E-state index contributed by atoms with van der Waals surface area (Å²) in [6.45, 7) is 7.29. The van der Waals surface area contributed by atoms with Gasteiger partial charge in [-0.25, -0.2) is 0 Å². The lowest BCUT2D eigenvalue weighted by Crippen LogP contribution is -2.39. The summed E-state index contributed by atoms with van der Waals surface area (Å²) in [6.07, 6.45) is 0.823. The van der Waals surface area contributed by atoms with E-state index in [1.807, 2.05) is 26.8 Å². The average molecular weight is 292 g/mol. The topological polar surface area (TPSA) is 80.5 Å². The number of nitrogens with zero attached hydrogens (tertiary/aromatic N) is 2. The second-order valence-electron chi connectivity index (χ2n) is 6.04. The van der Waals surface area contributed by atoms with Crippen LogP contribution < -0.4 is 20.7 Å². The summed E-state index contributed by atoms with van der Waals surface area (Å²) in [6, 6.07) is 3.67. The molecular weight excluding hydrogens is 268 g/mol. The van der Waals surface area contributed by atoms with Gasteiger partial charge in [-0.3, -0.25) is 4.79 Å². The van der Waals surface area contributed by atoms with Gasteiger partial charge in [0.2, 0.25) is 11.8 Å². The average Bonchev–Trinajstić information content (AvgIpc) is 2.84. The van der Waals surface area contributed by atoms with Gasteiger partial charge < -0.3 is 20.7 Å². The van der Waals surface area contributed by atoms with Crippen LogP contribution in [0.2, 0.25) is 0 Å². The van der Waals surface area contributed by atoms with Gasteiger partial charge in [0.15, 0.2) is 0 Å². The highest BCUT2D eigenvalue weighted by atomic mass is 16.5. The Balaban J connectivity index is 2.18. The number of nitrogen functional groups attached to an aromatic ring is 1. The smallest absolute Gasteiger partial charge is 0.239 e. The minimum absolute atomic E-state index is 0.0183. The molecule has 3 N–H and O–H groups in total. The molecule has 1 amide bonds. The number of carbonyl (C=O) groups excluding carboxylic acids is 1. The van der Waals surface area contributed by atoms with Crippen LogP contribution in [-0.2, 0) is 4.79 Å². The van der Waals surface area contributed by atoms with E-state index < -0.39 is 0 Å². The van der Waals surface area contributed by atoms with Gasteiger partial charge in [0.1, 0.15) is 5.82 Å². The Morgan fingerprint density at radius 3 is 2.86 bits per heavy atom. The molecular formula is C15H24N4O2. The second kappa shape index (κ2) is 5.79. The zero-order valence-corrected chi connectivity index (χ0v) is 13.1. The molecule has 0 saturated carbocycles. The highest BCUT2D eigenvalue weighted by Crippen LogP contribution is 2.34. The van der Waals surface area contributed by atoms with Gasteiger partial charge in [-0.1, -0.05) is 0 Å². The van der Waals surface area contributed by atoms with Gasteiger partial charge in [-0.2, -0.15) is 4.98 Å². The predicted molar refractivity (Wildman–Crippen MR) is 83.4 cm³/mol. The summed E-state index contributed by atoms with van der Waals surface area (Å²) in [7, 11) is 1.67. The molecule has 1 atom stereocenters. The van der Waals surface area contributed by atoms with E-state index in [0.29, 0.717) is 18.1 Å². The minimum atomic E-state index is -0.378. The number of rotatable bonds is 4. The quantitative estimate of drug-likeness (QED) is 0.877. The lowest BCUT2D eigenvalue weighted by molar-refractivity contribution is -0.128. The fourth-order valence-electron chi connectivity index (χ4n) is 2.58. The molecule has 21 heavy (non-hydrogen) atoms. The maximum Gasteiger partial charge on any atom is 0.239 e. The number of amides is 1. The molecule has 0 aromatic carbocycles. The van der Waals surface area contributed by atoms with Crippen LogP contribution in [0.1, 0.15) is 27.2 Å². The molecule has 0 spiro atoms. The van der Waals surface area contributed by atoms with E-state index >= 15 is 0 Å². The highest BCUT2D eigenvalue weighted by Gasteiger charge is 2.40. The first-order chi connectivity index (χ1) is 9.85. The Kier molecular flexibility index (Phi) is 4.25. The fraction of sp³-hybridized carbons (Fsp3) is 0.600. The van der Waals surface area contributed by atoms with E-state index in [1.165, 1.54) is 0 Å². The van der Waals surface area contributed by atoms with E-state index in [4.69, 9.17) is 10.5 Å². The Bertz CT molecular complexity index is 532. The van der Waals surface area contributed by atoms with E-state index in [0.717, 1.165) is 18.8 Å². The molecule has 1 aliphatic rings. The van der Waals surface area contributed by atoms with E-state index in [9.17, 15) is 4.79 Å². The molecule has 6 heteroatoms. The fourth-order valence-corrected chi connectivity index (χ4v) is 2.58. The van der Waals surface area contributed by atoms with Crippen molar-refractivity contribution < 1.29 is 9.53 Å². The summed E-state index contributed by atoms with van der Waals surface area (Å²) in [5, 5.41) is 2.74. The highest BCUT2D eigenvalue weighted by molar-refractivity contribution is 5.83. The molecule has 1 aliphatic heterocycles. The van der Waals surface area contributed by atoms with Crippen molar-refractivity contribution in [2.75, 3.05) is 30.8 Å². The third-order valence-corrected chi connectivity index (χ3v) is 3.79. The maximum absolute atomic E-state index is 12.0. The van der Waals surface area contributed by atoms with E-state index in [2.05, 4.69) is 15.2 Å². The van der Waals surface area contributed by atoms with Crippen LogP contribution in [0.4, 0.5) is 11.5 Å². The lowest BCUT2D eigenvalue weighted by Gasteiger charge is -2.23. The third kappa shape index (κ3) is 3.20. The lowest BCUT2D eigenvalue weighted by atomic mass is 9.89. The molecule has 2 heterocycles. The molecule has 1 aromatic rings. The number of nitrogens with two attached hydrogens (primary N) is 1. The standard InChI is InChI=1S/C15H24N4O2/c1-10(2)21-13-11(16)5-6-12(18-13)19-8-7-15(3,9-19)14(20)17-4/h5-6,10H,7-9,16H2,1-4H3,(H,17,20). The van der Waals surface area contributed by atoms with Crippen molar-refractivity contribution >= 4 is 17.4 Å². The van der Waals surface area contributed by atoms with Gasteiger partial charge in [0.25, 0.3) is 0 Å². The predicted octanol–water partition coefficient (Wildman–Crippen LogP) is 1.41. The van der Waals surface area contributed by atoms with Crippen molar-refractivity contribution in [3.05, 3.63) is 12.1 Å². The molecule has 1 saturated heterocycles. The monoisotopic (exact) mass is 292 g/mol. The first-order valence-electron chi connectivity index (χ1n) is 7.26. The molecule has 1 fully saturated rings. The van der Waals surface area contributed by atoms with Gasteiger partial charge in [0.05, 0.1) is 17.2 Å². The first-order valence-corrected chi connectivity index (χ1v) is 7.26. The molecule has 2 rings (SSSR count). The first kappa shape index (κ1) is 15.4. The summed E-state index contributed by atoms with van der Waals surface area (Å²) in [5.41, 5.74) is 6.04. The van der Waals surface area contributed by atoms with Crippen LogP contribution in [0.15, 0.2) is 12.1 Å². The zero-order chi connectivity index (χ0) is 15.6. The number of anilines is 2. The van der Waals surface area contributed by atoms with Crippen molar-refractivity contribution in [1.82, 2.24) is 10.3 Å². The van der Waals surface area contributed by atoms with Gasteiger partial charge in [-0.05, 0) is 39.3 Å². The maximum atomic E-state index is 12.0. The van der Waals surface area contributed by atoms with Gasteiger partial charge in [-0.15, -0.1) is 0 Å². The zero-order valence-electron chi connectivity index (χ0n) is 13.1. The van der Waals surface area contributed by atoms with Gasteiger partial charge in [0, 0.05) is 20.1 Å². The normalized spacial score (nSPS) is 21.7. The SMILES string of the molecule is CNC(=O)C1(C)CCN(c2ccc(N)c(OC(C)C)n2)C1. The number of pyridine rings is 1. The number of ether oxygens (including phenoxy) is 1. The van der Waals surface area contributed by atoms with Crippen LogP contribution in [0, 0.1) is 5.41 Å². The van der Waals surface area contributed by atoms with E-state index in [1.54, 1.807) is 13.1 Å². The van der Waals surface area contributed by atoms with Crippen molar-refractivity contribution in [1.29, 1.82) is 0 Å². The molecule has 1 unspecified atom stereocenters. The summed E-state index contributed by atoms with van der Waals surface area (Å²) in [5.74, 6) is 1.32. The van der Waals surface area contributed by atoms with Crippen molar-refractivity contribution in [3.63, 3.8) is 0 Å². The number of nitrogens with one attached hydrogen (secondary N) is 1. The van der Waals surface area contributed by atoms with Crippen LogP contribution in [-0.4, -0.2) is 37.1 Å². The number of carbonyl (C=O) groups is 1. The summed E-state index contributed by atoms with van der Waals surface area (Å²) >= 11 is 0. The van der Waals surface area contributed by atoms with Crippen LogP contribution in [0.5, 0.6) is 5.88 Å². The van der Waals surface area contributed by atoms with Crippen molar-refractivity contribution in [3.8, 4) is 5.88 Å². The van der Waals surface area contributed by atoms with Crippen molar-refractivity contribution in [2.24, 2.45) is 5.41 Å². The third-order valence-electron chi connectivity index (χ3n) is 3.79. The summed E-state index contributed by atoms with van der Waals surface area (Å²) < 4.78 is 5.62. The van der Waals surface area contributed by atoms with Crippen LogP contribution in [0.25, 0.3) is 0 Å². The van der Waals surface area contributed by atoms with Gasteiger partial charge >= 0.3 is 0 Å². The molecule has 0 aliphatic carbocycles.